The van der Waals surface area contributed by atoms with Gasteiger partial charge < -0.3 is 5.32 Å². The van der Waals surface area contributed by atoms with E-state index >= 15 is 0 Å². The van der Waals surface area contributed by atoms with Crippen LogP contribution in [0.15, 0.2) is 73.2 Å². The Morgan fingerprint density at radius 1 is 0.963 bits per heavy atom. The zero-order valence-electron chi connectivity index (χ0n) is 14.5. The molecule has 0 aliphatic carbocycles. The van der Waals surface area contributed by atoms with Crippen LogP contribution in [0.2, 0.25) is 0 Å². The van der Waals surface area contributed by atoms with Crippen molar-refractivity contribution in [2.75, 3.05) is 6.54 Å². The predicted molar refractivity (Wildman–Crippen MR) is 102 cm³/mol. The third-order valence-electron chi connectivity index (χ3n) is 4.81. The van der Waals surface area contributed by atoms with Crippen LogP contribution in [0.5, 0.6) is 0 Å². The maximum atomic E-state index is 12.2. The van der Waals surface area contributed by atoms with Gasteiger partial charge in [0, 0.05) is 30.2 Å². The molecule has 1 amide bonds. The van der Waals surface area contributed by atoms with E-state index in [0.29, 0.717) is 6.54 Å². The molecule has 5 rings (SSSR count). The summed E-state index contributed by atoms with van der Waals surface area (Å²) in [4.78, 5) is 16.8. The van der Waals surface area contributed by atoms with Crippen LogP contribution in [-0.4, -0.2) is 31.8 Å². The van der Waals surface area contributed by atoms with E-state index in [1.54, 1.807) is 12.4 Å². The lowest BCUT2D eigenvalue weighted by atomic mass is 10.00. The fourth-order valence-electron chi connectivity index (χ4n) is 3.50. The summed E-state index contributed by atoms with van der Waals surface area (Å²) in [6, 6.07) is 17.9. The van der Waals surface area contributed by atoms with Crippen LogP contribution in [-0.2, 0) is 6.42 Å². The van der Waals surface area contributed by atoms with E-state index in [9.17, 15) is 4.79 Å². The van der Waals surface area contributed by atoms with E-state index < -0.39 is 0 Å². The van der Waals surface area contributed by atoms with Crippen molar-refractivity contribution in [3.8, 4) is 22.9 Å². The fourth-order valence-corrected chi connectivity index (χ4v) is 3.50. The van der Waals surface area contributed by atoms with Gasteiger partial charge in [-0.3, -0.25) is 9.36 Å². The second kappa shape index (κ2) is 6.25. The van der Waals surface area contributed by atoms with E-state index in [1.165, 1.54) is 0 Å². The molecule has 6 heteroatoms. The number of nitrogens with zero attached hydrogens (tertiary/aromatic N) is 4. The standard InChI is InChI=1S/C21H17N5O/c27-21-18-14-17(7-6-15(18)8-10-23-21)25-13-12-22-20(25)19-9-11-24-26(19)16-4-2-1-3-5-16/h1-7,9,11-14H,8,10H2,(H,23,27). The minimum Gasteiger partial charge on any atom is -0.352 e. The van der Waals surface area contributed by atoms with Gasteiger partial charge in [-0.1, -0.05) is 24.3 Å². The Bertz CT molecular complexity index is 1130. The number of carbonyl (C=O) groups is 1. The lowest BCUT2D eigenvalue weighted by molar-refractivity contribution is 0.0946. The van der Waals surface area contributed by atoms with Crippen LogP contribution < -0.4 is 5.32 Å². The van der Waals surface area contributed by atoms with Gasteiger partial charge in [0.2, 0.25) is 0 Å². The quantitative estimate of drug-likeness (QED) is 0.614. The molecule has 132 valence electrons. The molecule has 6 nitrogen and oxygen atoms in total. The van der Waals surface area contributed by atoms with Gasteiger partial charge in [-0.05, 0) is 42.3 Å². The van der Waals surface area contributed by atoms with Crippen molar-refractivity contribution in [2.45, 2.75) is 6.42 Å². The highest BCUT2D eigenvalue weighted by molar-refractivity contribution is 5.97. The number of aromatic nitrogens is 4. The normalized spacial score (nSPS) is 13.3. The van der Waals surface area contributed by atoms with Crippen molar-refractivity contribution in [1.82, 2.24) is 24.6 Å². The van der Waals surface area contributed by atoms with E-state index in [4.69, 9.17) is 0 Å². The molecule has 0 radical (unpaired) electrons. The summed E-state index contributed by atoms with van der Waals surface area (Å²) in [5, 5.41) is 7.36. The van der Waals surface area contributed by atoms with Gasteiger partial charge in [0.05, 0.1) is 11.9 Å². The molecule has 0 atom stereocenters. The summed E-state index contributed by atoms with van der Waals surface area (Å²) < 4.78 is 3.85. The second-order valence-corrected chi connectivity index (χ2v) is 6.43. The number of para-hydroxylation sites is 1. The van der Waals surface area contributed by atoms with Gasteiger partial charge >= 0.3 is 0 Å². The van der Waals surface area contributed by atoms with Gasteiger partial charge in [-0.25, -0.2) is 9.67 Å². The Morgan fingerprint density at radius 2 is 1.85 bits per heavy atom. The van der Waals surface area contributed by atoms with Crippen molar-refractivity contribution >= 4 is 5.91 Å². The third-order valence-corrected chi connectivity index (χ3v) is 4.81. The monoisotopic (exact) mass is 355 g/mol. The number of hydrogen-bond acceptors (Lipinski definition) is 3. The smallest absolute Gasteiger partial charge is 0.251 e. The van der Waals surface area contributed by atoms with Crippen LogP contribution in [0.3, 0.4) is 0 Å². The van der Waals surface area contributed by atoms with Crippen molar-refractivity contribution in [3.05, 3.63) is 84.3 Å². The summed E-state index contributed by atoms with van der Waals surface area (Å²) in [5.74, 6) is 0.751. The molecule has 0 saturated carbocycles. The maximum Gasteiger partial charge on any atom is 0.251 e. The highest BCUT2D eigenvalue weighted by atomic mass is 16.1. The van der Waals surface area contributed by atoms with Crippen LogP contribution in [0.4, 0.5) is 0 Å². The predicted octanol–water partition coefficient (Wildman–Crippen LogP) is 3.01. The number of amides is 1. The summed E-state index contributed by atoms with van der Waals surface area (Å²) in [5.41, 5.74) is 4.57. The van der Waals surface area contributed by atoms with Gasteiger partial charge in [0.15, 0.2) is 5.82 Å². The largest absolute Gasteiger partial charge is 0.352 e. The van der Waals surface area contributed by atoms with Gasteiger partial charge in [-0.2, -0.15) is 5.10 Å². The molecule has 0 bridgehead atoms. The lowest BCUT2D eigenvalue weighted by Gasteiger charge is -2.18. The zero-order chi connectivity index (χ0) is 18.2. The molecule has 1 N–H and O–H groups in total. The van der Waals surface area contributed by atoms with Crippen LogP contribution in [0.25, 0.3) is 22.9 Å². The Morgan fingerprint density at radius 3 is 2.74 bits per heavy atom. The summed E-state index contributed by atoms with van der Waals surface area (Å²) in [7, 11) is 0. The molecular weight excluding hydrogens is 338 g/mol. The van der Waals surface area contributed by atoms with Crippen molar-refractivity contribution < 1.29 is 4.79 Å². The third kappa shape index (κ3) is 2.62. The number of nitrogens with one attached hydrogen (secondary N) is 1. The first-order chi connectivity index (χ1) is 13.3. The number of hydrogen-bond donors (Lipinski definition) is 1. The molecule has 27 heavy (non-hydrogen) atoms. The average molecular weight is 355 g/mol. The number of rotatable bonds is 3. The Balaban J connectivity index is 1.62. The van der Waals surface area contributed by atoms with Gasteiger partial charge in [0.25, 0.3) is 5.91 Å². The number of benzene rings is 2. The SMILES string of the molecule is O=C1NCCc2ccc(-n3ccnc3-c3ccnn3-c3ccccc3)cc21. The molecule has 1 aliphatic rings. The van der Waals surface area contributed by atoms with E-state index in [1.807, 2.05) is 70.0 Å². The summed E-state index contributed by atoms with van der Waals surface area (Å²) >= 11 is 0. The summed E-state index contributed by atoms with van der Waals surface area (Å²) in [6.45, 7) is 0.692. The van der Waals surface area contributed by atoms with Crippen molar-refractivity contribution in [2.24, 2.45) is 0 Å². The molecule has 4 aromatic rings. The Kier molecular flexibility index (Phi) is 3.60. The van der Waals surface area contributed by atoms with Crippen LogP contribution in [0, 0.1) is 0 Å². The number of fused-ring (bicyclic) bond motifs is 1. The fraction of sp³-hybridized carbons (Fsp3) is 0.0952. The van der Waals surface area contributed by atoms with Crippen LogP contribution in [0.1, 0.15) is 15.9 Å². The molecule has 3 heterocycles. The number of imidazole rings is 1. The maximum absolute atomic E-state index is 12.2. The van der Waals surface area contributed by atoms with E-state index in [2.05, 4.69) is 15.4 Å². The first-order valence-corrected chi connectivity index (χ1v) is 8.86. The highest BCUT2D eigenvalue weighted by Gasteiger charge is 2.19. The molecular formula is C21H17N5O. The molecule has 2 aromatic carbocycles. The first kappa shape index (κ1) is 15.6. The molecule has 2 aromatic heterocycles. The first-order valence-electron chi connectivity index (χ1n) is 8.86. The zero-order valence-corrected chi connectivity index (χ0v) is 14.5. The average Bonchev–Trinajstić information content (AvgIpc) is 3.38. The Labute approximate surface area is 156 Å². The highest BCUT2D eigenvalue weighted by Crippen LogP contribution is 2.25. The van der Waals surface area contributed by atoms with E-state index in [-0.39, 0.29) is 5.91 Å². The van der Waals surface area contributed by atoms with Gasteiger partial charge in [-0.15, -0.1) is 0 Å². The van der Waals surface area contributed by atoms with Gasteiger partial charge in [0.1, 0.15) is 5.69 Å². The lowest BCUT2D eigenvalue weighted by Crippen LogP contribution is -2.31. The second-order valence-electron chi connectivity index (χ2n) is 6.43. The molecule has 1 aliphatic heterocycles. The van der Waals surface area contributed by atoms with Crippen LogP contribution >= 0.6 is 0 Å². The Hall–Kier alpha value is -3.67. The minimum atomic E-state index is -0.0194. The molecule has 0 saturated heterocycles. The molecule has 0 unspecified atom stereocenters. The van der Waals surface area contributed by atoms with Crippen molar-refractivity contribution in [1.29, 1.82) is 0 Å². The van der Waals surface area contributed by atoms with E-state index in [0.717, 1.165) is 40.4 Å². The molecule has 0 fully saturated rings. The summed E-state index contributed by atoms with van der Waals surface area (Å²) in [6.07, 6.45) is 6.29. The molecule has 0 spiro atoms. The number of carbonyl (C=O) groups excluding carboxylic acids is 1. The minimum absolute atomic E-state index is 0.0194. The van der Waals surface area contributed by atoms with Crippen molar-refractivity contribution in [3.63, 3.8) is 0 Å². The topological polar surface area (TPSA) is 64.7 Å².